The van der Waals surface area contributed by atoms with Crippen molar-refractivity contribution in [2.75, 3.05) is 13.1 Å². The molecule has 4 nitrogen and oxygen atoms in total. The van der Waals surface area contributed by atoms with Crippen LogP contribution in [0.2, 0.25) is 0 Å². The molecule has 0 amide bonds. The second kappa shape index (κ2) is 5.38. The van der Waals surface area contributed by atoms with Crippen molar-refractivity contribution in [2.45, 2.75) is 32.2 Å². The van der Waals surface area contributed by atoms with Gasteiger partial charge in [-0.15, -0.1) is 0 Å². The average molecular weight is 268 g/mol. The molecule has 0 bridgehead atoms. The summed E-state index contributed by atoms with van der Waals surface area (Å²) in [6, 6.07) is 0.0532. The first-order valence-corrected chi connectivity index (χ1v) is 7.76. The Labute approximate surface area is 109 Å². The molecule has 5 heteroatoms. The van der Waals surface area contributed by atoms with Gasteiger partial charge < -0.3 is 5.32 Å². The maximum absolute atomic E-state index is 12.2. The molecule has 0 aromatic carbocycles. The third kappa shape index (κ3) is 3.10. The first-order chi connectivity index (χ1) is 8.49. The molecular formula is C13H20N2O2S. The van der Waals surface area contributed by atoms with Crippen molar-refractivity contribution in [2.24, 2.45) is 0 Å². The standard InChI is InChI=1S/C13H20N2O2S/c1-10-3-4-13(9-11(10)2)18(16,17)15-12-5-7-14-8-6-12/h3-4,12,14-15H,2,5-9H2,1H3. The van der Waals surface area contributed by atoms with Gasteiger partial charge in [0, 0.05) is 12.5 Å². The van der Waals surface area contributed by atoms with Crippen LogP contribution >= 0.6 is 0 Å². The Bertz CT molecular complexity index is 497. The minimum absolute atomic E-state index is 0.0532. The Kier molecular flexibility index (Phi) is 4.04. The molecule has 100 valence electrons. The van der Waals surface area contributed by atoms with Gasteiger partial charge in [0.1, 0.15) is 0 Å². The van der Waals surface area contributed by atoms with Crippen molar-refractivity contribution < 1.29 is 8.42 Å². The number of sulfonamides is 1. The summed E-state index contributed by atoms with van der Waals surface area (Å²) in [7, 11) is -3.36. The van der Waals surface area contributed by atoms with Gasteiger partial charge in [0.15, 0.2) is 0 Å². The first-order valence-electron chi connectivity index (χ1n) is 6.28. The first kappa shape index (κ1) is 13.5. The average Bonchev–Trinajstić information content (AvgIpc) is 2.33. The van der Waals surface area contributed by atoms with Gasteiger partial charge in [-0.25, -0.2) is 13.1 Å². The zero-order valence-corrected chi connectivity index (χ0v) is 11.5. The number of rotatable bonds is 3. The summed E-state index contributed by atoms with van der Waals surface area (Å²) in [6.07, 6.45) is 5.63. The predicted molar refractivity (Wildman–Crippen MR) is 73.5 cm³/mol. The SMILES string of the molecule is C=C1CC(S(=O)(=O)NC2CCNCC2)=CC=C1C. The molecule has 1 heterocycles. The Hall–Kier alpha value is -0.910. The van der Waals surface area contributed by atoms with Crippen LogP contribution in [0.25, 0.3) is 0 Å². The minimum atomic E-state index is -3.36. The van der Waals surface area contributed by atoms with Gasteiger partial charge in [-0.05, 0) is 50.1 Å². The van der Waals surface area contributed by atoms with Crippen LogP contribution < -0.4 is 10.0 Å². The van der Waals surface area contributed by atoms with E-state index >= 15 is 0 Å². The van der Waals surface area contributed by atoms with Crippen LogP contribution in [0.5, 0.6) is 0 Å². The van der Waals surface area contributed by atoms with E-state index in [0.717, 1.165) is 37.1 Å². The molecule has 2 rings (SSSR count). The van der Waals surface area contributed by atoms with Crippen molar-refractivity contribution in [1.29, 1.82) is 0 Å². The molecule has 0 atom stereocenters. The van der Waals surface area contributed by atoms with Gasteiger partial charge in [-0.3, -0.25) is 0 Å². The Morgan fingerprint density at radius 2 is 2.00 bits per heavy atom. The van der Waals surface area contributed by atoms with Crippen LogP contribution in [0.3, 0.4) is 0 Å². The van der Waals surface area contributed by atoms with E-state index in [1.165, 1.54) is 0 Å². The highest BCUT2D eigenvalue weighted by atomic mass is 32.2. The number of piperidine rings is 1. The van der Waals surface area contributed by atoms with Gasteiger partial charge in [0.25, 0.3) is 0 Å². The molecule has 2 N–H and O–H groups in total. The van der Waals surface area contributed by atoms with Crippen LogP contribution in [0.1, 0.15) is 26.2 Å². The second-order valence-electron chi connectivity index (χ2n) is 4.91. The van der Waals surface area contributed by atoms with Gasteiger partial charge >= 0.3 is 0 Å². The zero-order chi connectivity index (χ0) is 13.2. The summed E-state index contributed by atoms with van der Waals surface area (Å²) < 4.78 is 27.3. The van der Waals surface area contributed by atoms with Crippen molar-refractivity contribution in [1.82, 2.24) is 10.0 Å². The molecule has 0 unspecified atom stereocenters. The topological polar surface area (TPSA) is 58.2 Å². The molecule has 0 aromatic rings. The largest absolute Gasteiger partial charge is 0.317 e. The lowest BCUT2D eigenvalue weighted by Gasteiger charge is -2.25. The highest BCUT2D eigenvalue weighted by molar-refractivity contribution is 7.93. The van der Waals surface area contributed by atoms with Gasteiger partial charge in [0.2, 0.25) is 10.0 Å². The molecule has 0 saturated carbocycles. The Balaban J connectivity index is 2.09. The Morgan fingerprint density at radius 1 is 1.33 bits per heavy atom. The van der Waals surface area contributed by atoms with Crippen LogP contribution in [0, 0.1) is 0 Å². The Morgan fingerprint density at radius 3 is 2.61 bits per heavy atom. The number of allylic oxidation sites excluding steroid dienone is 5. The lowest BCUT2D eigenvalue weighted by Crippen LogP contribution is -2.43. The second-order valence-corrected chi connectivity index (χ2v) is 6.68. The fraction of sp³-hybridized carbons (Fsp3) is 0.538. The molecule has 1 saturated heterocycles. The van der Waals surface area contributed by atoms with E-state index in [0.29, 0.717) is 11.3 Å². The van der Waals surface area contributed by atoms with Gasteiger partial charge in [0.05, 0.1) is 4.91 Å². The van der Waals surface area contributed by atoms with E-state index in [9.17, 15) is 8.42 Å². The number of nitrogens with one attached hydrogen (secondary N) is 2. The van der Waals surface area contributed by atoms with Gasteiger partial charge in [-0.2, -0.15) is 0 Å². The van der Waals surface area contributed by atoms with Crippen molar-refractivity contribution in [3.8, 4) is 0 Å². The maximum Gasteiger partial charge on any atom is 0.237 e. The lowest BCUT2D eigenvalue weighted by atomic mass is 10.0. The summed E-state index contributed by atoms with van der Waals surface area (Å²) >= 11 is 0. The monoisotopic (exact) mass is 268 g/mol. The summed E-state index contributed by atoms with van der Waals surface area (Å²) in [5.74, 6) is 0. The van der Waals surface area contributed by atoms with Crippen molar-refractivity contribution in [3.05, 3.63) is 34.8 Å². The van der Waals surface area contributed by atoms with Crippen LogP contribution in [0.15, 0.2) is 34.8 Å². The molecule has 18 heavy (non-hydrogen) atoms. The van der Waals surface area contributed by atoms with Crippen LogP contribution in [-0.2, 0) is 10.0 Å². The maximum atomic E-state index is 12.2. The minimum Gasteiger partial charge on any atom is -0.317 e. The van der Waals surface area contributed by atoms with E-state index in [-0.39, 0.29) is 6.04 Å². The smallest absolute Gasteiger partial charge is 0.237 e. The molecule has 1 fully saturated rings. The molecule has 2 aliphatic rings. The van der Waals surface area contributed by atoms with E-state index in [4.69, 9.17) is 0 Å². The van der Waals surface area contributed by atoms with E-state index in [1.54, 1.807) is 6.08 Å². The zero-order valence-electron chi connectivity index (χ0n) is 10.7. The highest BCUT2D eigenvalue weighted by Crippen LogP contribution is 2.26. The van der Waals surface area contributed by atoms with Crippen LogP contribution in [-0.4, -0.2) is 27.5 Å². The highest BCUT2D eigenvalue weighted by Gasteiger charge is 2.25. The predicted octanol–water partition coefficient (Wildman–Crippen LogP) is 1.45. The summed E-state index contributed by atoms with van der Waals surface area (Å²) in [6.45, 7) is 7.59. The van der Waals surface area contributed by atoms with Gasteiger partial charge in [-0.1, -0.05) is 12.7 Å². The molecule has 0 radical (unpaired) electrons. The third-order valence-electron chi connectivity index (χ3n) is 3.47. The van der Waals surface area contributed by atoms with Crippen molar-refractivity contribution >= 4 is 10.0 Å². The quantitative estimate of drug-likeness (QED) is 0.814. The van der Waals surface area contributed by atoms with E-state index in [1.807, 2.05) is 13.0 Å². The normalized spacial score (nSPS) is 22.6. The third-order valence-corrected chi connectivity index (χ3v) is 5.09. The van der Waals surface area contributed by atoms with Crippen LogP contribution in [0.4, 0.5) is 0 Å². The lowest BCUT2D eigenvalue weighted by molar-refractivity contribution is 0.428. The molecule has 0 aromatic heterocycles. The number of hydrogen-bond donors (Lipinski definition) is 2. The molecule has 0 spiro atoms. The van der Waals surface area contributed by atoms with E-state index < -0.39 is 10.0 Å². The van der Waals surface area contributed by atoms with E-state index in [2.05, 4.69) is 16.6 Å². The molecule has 1 aliphatic carbocycles. The fourth-order valence-electron chi connectivity index (χ4n) is 2.16. The summed E-state index contributed by atoms with van der Waals surface area (Å²) in [4.78, 5) is 0.427. The molecular weight excluding hydrogens is 248 g/mol. The summed E-state index contributed by atoms with van der Waals surface area (Å²) in [5.41, 5.74) is 1.93. The fourth-order valence-corrected chi connectivity index (χ4v) is 3.60. The molecule has 1 aliphatic heterocycles. The van der Waals surface area contributed by atoms with Crippen molar-refractivity contribution in [3.63, 3.8) is 0 Å². The number of hydrogen-bond acceptors (Lipinski definition) is 3. The summed E-state index contributed by atoms with van der Waals surface area (Å²) in [5, 5.41) is 3.22.